The van der Waals surface area contributed by atoms with Gasteiger partial charge in [-0.25, -0.2) is 0 Å². The van der Waals surface area contributed by atoms with E-state index in [1.165, 1.54) is 156 Å². The van der Waals surface area contributed by atoms with Crippen LogP contribution in [0, 0.1) is 0 Å². The van der Waals surface area contributed by atoms with Gasteiger partial charge in [0, 0.05) is 53.9 Å². The van der Waals surface area contributed by atoms with Crippen LogP contribution in [0.5, 0.6) is 0 Å². The molecule has 0 amide bonds. The highest BCUT2D eigenvalue weighted by Gasteiger charge is 2.45. The van der Waals surface area contributed by atoms with Crippen LogP contribution in [0.3, 0.4) is 0 Å². The van der Waals surface area contributed by atoms with Gasteiger partial charge in [0.1, 0.15) is 0 Å². The minimum Gasteiger partial charge on any atom is -0.423 e. The molecule has 4 nitrogen and oxygen atoms in total. The molecule has 2 N–H and O–H groups in total. The summed E-state index contributed by atoms with van der Waals surface area (Å²) in [6.45, 7) is 0.0989. The third kappa shape index (κ3) is 11.8. The summed E-state index contributed by atoms with van der Waals surface area (Å²) in [5.41, 5.74) is 35.7. The van der Waals surface area contributed by atoms with Crippen molar-refractivity contribution >= 4 is 103 Å². The number of benzene rings is 15. The highest BCUT2D eigenvalue weighted by Crippen LogP contribution is 2.51. The van der Waals surface area contributed by atoms with Gasteiger partial charge in [-0.05, 0) is 201 Å². The van der Waals surface area contributed by atoms with Crippen LogP contribution in [0.1, 0.15) is 7.43 Å². The number of anilines is 4. The molecule has 4 aliphatic rings. The summed E-state index contributed by atoms with van der Waals surface area (Å²) >= 11 is 7.53. The average Bonchev–Trinajstić information content (AvgIpc) is 0.711. The van der Waals surface area contributed by atoms with E-state index in [0.29, 0.717) is 5.46 Å². The van der Waals surface area contributed by atoms with Crippen LogP contribution >= 0.6 is 31.9 Å². The molecule has 0 spiro atoms. The maximum atomic E-state index is 8.58. The van der Waals surface area contributed by atoms with Crippen molar-refractivity contribution in [2.75, 3.05) is 9.62 Å². The van der Waals surface area contributed by atoms with Gasteiger partial charge in [-0.1, -0.05) is 312 Å². The Bertz CT molecular complexity index is 5020. The van der Waals surface area contributed by atoms with E-state index in [1.807, 2.05) is 6.07 Å². The molecule has 0 bridgehead atoms. The SMILES string of the molecule is Brc1ccc2c(c1)-c1cc(-c3ccccc3)ccc1B1c3ccc(-c4ccccc4)cc3-c3cc(Br)ccc3N12.C.OB(O)c1ccccc1.c1ccc(-c2ccc3c(c2)-c2cc(-c4ccccc4)ccc2N2B3c3ccc(-c4ccccc4)cc3-c3cc(-c4ccccc4)ccc32)cc1. The lowest BCUT2D eigenvalue weighted by molar-refractivity contribution is 0.426. The van der Waals surface area contributed by atoms with Crippen LogP contribution in [0.4, 0.5) is 22.7 Å². The Labute approximate surface area is 603 Å². The summed E-state index contributed by atoms with van der Waals surface area (Å²) < 4.78 is 2.17. The standard InChI is InChI=1S/C48H32BN.C36H22BBr2N.C6H7BO2.CH4/c1-5-13-33(14-6-1)37-21-25-45-41(29-37)43-31-39(35-17-9-3-10-18-35)23-27-47(43)50-48-28-24-40(36-19-11-4-12-20-36)32-44(48)42-30-38(22-26-46(42)49(45)50)34-15-7-2-8-16-34;38-27-13-17-35-31(21-27)29-19-25(23-7-3-1-4-8-23)11-15-33(29)37-34-16-12-26(24-9-5-2-6-10-24)20-30(34)32-22-28(39)14-18-36(32)40(35)37;8-7(9)6-4-2-1-3-5-6;/h1-32H;1-22H;1-5,8-9H;1H4. The number of hydrogen-bond donors (Lipinski definition) is 2. The van der Waals surface area contributed by atoms with E-state index in [2.05, 4.69) is 369 Å². The summed E-state index contributed by atoms with van der Waals surface area (Å²) in [6, 6.07) is 129. The highest BCUT2D eigenvalue weighted by atomic mass is 79.9. The molecule has 9 heteroatoms. The summed E-state index contributed by atoms with van der Waals surface area (Å²) in [7, 11) is -1.34. The van der Waals surface area contributed by atoms with E-state index in [4.69, 9.17) is 10.0 Å². The van der Waals surface area contributed by atoms with Crippen molar-refractivity contribution in [3.05, 3.63) is 367 Å². The quantitative estimate of drug-likeness (QED) is 0.156. The normalized spacial score (nSPS) is 12.0. The van der Waals surface area contributed by atoms with Gasteiger partial charge in [0.2, 0.25) is 0 Å². The Hall–Kier alpha value is -11.0. The Balaban J connectivity index is 0.000000140. The van der Waals surface area contributed by atoms with E-state index < -0.39 is 7.12 Å². The van der Waals surface area contributed by atoms with Gasteiger partial charge in [0.25, 0.3) is 0 Å². The molecule has 4 heterocycles. The first-order valence-corrected chi connectivity index (χ1v) is 35.1. The molecule has 0 unspecified atom stereocenters. The van der Waals surface area contributed by atoms with Gasteiger partial charge in [0.05, 0.1) is 0 Å². The van der Waals surface area contributed by atoms with Crippen molar-refractivity contribution in [3.8, 4) is 111 Å². The number of halogens is 2. The fraction of sp³-hybridized carbons (Fsp3) is 0.0110. The molecule has 100 heavy (non-hydrogen) atoms. The largest absolute Gasteiger partial charge is 0.488 e. The molecular weight excluding hydrogens is 1350 g/mol. The molecule has 4 aliphatic heterocycles. The second-order valence-electron chi connectivity index (χ2n) is 25.5. The second kappa shape index (κ2) is 27.4. The molecule has 0 radical (unpaired) electrons. The number of hydrogen-bond acceptors (Lipinski definition) is 4. The van der Waals surface area contributed by atoms with Gasteiger partial charge in [-0.2, -0.15) is 0 Å². The third-order valence-corrected chi connectivity index (χ3v) is 20.7. The molecule has 0 aliphatic carbocycles. The lowest BCUT2D eigenvalue weighted by Crippen LogP contribution is -2.59. The van der Waals surface area contributed by atoms with Crippen molar-refractivity contribution in [1.29, 1.82) is 0 Å². The Kier molecular flexibility index (Phi) is 17.4. The van der Waals surface area contributed by atoms with Crippen LogP contribution in [-0.2, 0) is 0 Å². The van der Waals surface area contributed by atoms with E-state index in [9.17, 15) is 0 Å². The predicted molar refractivity (Wildman–Crippen MR) is 433 cm³/mol. The van der Waals surface area contributed by atoms with Crippen LogP contribution < -0.4 is 36.9 Å². The number of rotatable bonds is 7. The molecule has 19 rings (SSSR count). The summed E-state index contributed by atoms with van der Waals surface area (Å²) in [6.07, 6.45) is 0. The fourth-order valence-electron chi connectivity index (χ4n) is 15.1. The summed E-state index contributed by atoms with van der Waals surface area (Å²) in [5.74, 6) is 0. The average molecular weight is 1410 g/mol. The first kappa shape index (κ1) is 63.7. The van der Waals surface area contributed by atoms with Crippen LogP contribution in [0.25, 0.3) is 111 Å². The monoisotopic (exact) mass is 1410 g/mol. The van der Waals surface area contributed by atoms with Gasteiger partial charge < -0.3 is 19.7 Å². The zero-order chi connectivity index (χ0) is 66.5. The van der Waals surface area contributed by atoms with Crippen molar-refractivity contribution in [2.24, 2.45) is 0 Å². The molecule has 15 aromatic carbocycles. The maximum absolute atomic E-state index is 8.58. The van der Waals surface area contributed by atoms with Gasteiger partial charge in [-0.15, -0.1) is 0 Å². The zero-order valence-electron chi connectivity index (χ0n) is 53.8. The third-order valence-electron chi connectivity index (χ3n) is 19.8. The van der Waals surface area contributed by atoms with Gasteiger partial charge in [-0.3, -0.25) is 0 Å². The van der Waals surface area contributed by atoms with Crippen LogP contribution in [0.2, 0.25) is 0 Å². The minimum absolute atomic E-state index is 0. The van der Waals surface area contributed by atoms with Crippen molar-refractivity contribution in [3.63, 3.8) is 0 Å². The second-order valence-corrected chi connectivity index (χ2v) is 27.4. The van der Waals surface area contributed by atoms with E-state index in [1.54, 1.807) is 24.3 Å². The summed E-state index contributed by atoms with van der Waals surface area (Å²) in [5, 5.41) is 17.2. The van der Waals surface area contributed by atoms with Crippen molar-refractivity contribution < 1.29 is 10.0 Å². The maximum Gasteiger partial charge on any atom is 0.488 e. The van der Waals surface area contributed by atoms with Crippen LogP contribution in [-0.4, -0.2) is 30.9 Å². The lowest BCUT2D eigenvalue weighted by atomic mass is 9.43. The Morgan fingerprint density at radius 2 is 0.430 bits per heavy atom. The molecule has 0 fully saturated rings. The van der Waals surface area contributed by atoms with Gasteiger partial charge in [0.15, 0.2) is 0 Å². The smallest absolute Gasteiger partial charge is 0.423 e. The highest BCUT2D eigenvalue weighted by molar-refractivity contribution is 9.10. The molecule has 15 aromatic rings. The Morgan fingerprint density at radius 3 is 0.670 bits per heavy atom. The first-order valence-electron chi connectivity index (χ1n) is 33.5. The molecule has 0 saturated heterocycles. The van der Waals surface area contributed by atoms with E-state index in [0.717, 1.165) is 8.95 Å². The summed E-state index contributed by atoms with van der Waals surface area (Å²) in [4.78, 5) is 5.14. The minimum atomic E-state index is -1.34. The topological polar surface area (TPSA) is 46.9 Å². The number of nitrogens with zero attached hydrogens (tertiary/aromatic N) is 2. The van der Waals surface area contributed by atoms with Crippen molar-refractivity contribution in [1.82, 2.24) is 0 Å². The van der Waals surface area contributed by atoms with Crippen molar-refractivity contribution in [2.45, 2.75) is 7.43 Å². The fourth-order valence-corrected chi connectivity index (χ4v) is 15.8. The number of fused-ring (bicyclic) bond motifs is 22. The molecule has 474 valence electrons. The molecule has 0 aromatic heterocycles. The Morgan fingerprint density at radius 1 is 0.220 bits per heavy atom. The molecular formula is C91H65B3Br2N2O2. The van der Waals surface area contributed by atoms with E-state index in [-0.39, 0.29) is 21.1 Å². The molecule has 0 atom stereocenters. The molecule has 0 saturated carbocycles. The van der Waals surface area contributed by atoms with Gasteiger partial charge >= 0.3 is 20.8 Å². The van der Waals surface area contributed by atoms with E-state index >= 15 is 0 Å². The zero-order valence-corrected chi connectivity index (χ0v) is 57.0. The first-order chi connectivity index (χ1) is 48.8. The predicted octanol–water partition coefficient (Wildman–Crippen LogP) is 20.7. The van der Waals surface area contributed by atoms with Crippen LogP contribution in [0.15, 0.2) is 367 Å². The lowest BCUT2D eigenvalue weighted by Gasteiger charge is -2.44.